The Balaban J connectivity index is 1.82. The molecular weight excluding hydrogens is 340 g/mol. The second-order valence-electron chi connectivity index (χ2n) is 5.55. The van der Waals surface area contributed by atoms with Gasteiger partial charge in [0.2, 0.25) is 0 Å². The van der Waals surface area contributed by atoms with Gasteiger partial charge in [-0.15, -0.1) is 0 Å². The SMILES string of the molecule is Cc1nc(Oc2ccccc2F)nc(C)c1NC(=O)c1ccc(F)cc1. The molecule has 7 heteroatoms. The third-order valence-electron chi connectivity index (χ3n) is 3.63. The second kappa shape index (κ2) is 7.26. The summed E-state index contributed by atoms with van der Waals surface area (Å²) in [6.07, 6.45) is 0. The zero-order chi connectivity index (χ0) is 18.7. The number of benzene rings is 2. The molecule has 0 spiro atoms. The Hall–Kier alpha value is -3.35. The molecule has 0 radical (unpaired) electrons. The Bertz CT molecular complexity index is 936. The van der Waals surface area contributed by atoms with E-state index in [1.807, 2.05) is 0 Å². The first kappa shape index (κ1) is 17.5. The number of rotatable bonds is 4. The molecule has 0 aliphatic carbocycles. The van der Waals surface area contributed by atoms with Gasteiger partial charge in [0.25, 0.3) is 5.91 Å². The van der Waals surface area contributed by atoms with Gasteiger partial charge in [-0.1, -0.05) is 12.1 Å². The molecule has 0 atom stereocenters. The van der Waals surface area contributed by atoms with Crippen molar-refractivity contribution in [3.8, 4) is 11.8 Å². The normalized spacial score (nSPS) is 10.5. The summed E-state index contributed by atoms with van der Waals surface area (Å²) < 4.78 is 32.0. The third-order valence-corrected chi connectivity index (χ3v) is 3.63. The number of amides is 1. The van der Waals surface area contributed by atoms with Gasteiger partial charge >= 0.3 is 6.01 Å². The number of ether oxygens (including phenoxy) is 1. The first-order chi connectivity index (χ1) is 12.4. The van der Waals surface area contributed by atoms with Crippen molar-refractivity contribution >= 4 is 11.6 Å². The molecule has 0 aliphatic rings. The van der Waals surface area contributed by atoms with Crippen molar-refractivity contribution in [2.75, 3.05) is 5.32 Å². The van der Waals surface area contributed by atoms with Gasteiger partial charge in [-0.3, -0.25) is 4.79 Å². The molecule has 1 heterocycles. The van der Waals surface area contributed by atoms with E-state index in [2.05, 4.69) is 15.3 Å². The molecule has 0 saturated heterocycles. The average molecular weight is 355 g/mol. The van der Waals surface area contributed by atoms with Crippen molar-refractivity contribution in [2.45, 2.75) is 13.8 Å². The van der Waals surface area contributed by atoms with Crippen LogP contribution in [0.15, 0.2) is 48.5 Å². The number of anilines is 1. The van der Waals surface area contributed by atoms with Crippen LogP contribution in [0.5, 0.6) is 11.8 Å². The predicted octanol–water partition coefficient (Wildman–Crippen LogP) is 4.42. The molecule has 1 N–H and O–H groups in total. The van der Waals surface area contributed by atoms with Crippen LogP contribution < -0.4 is 10.1 Å². The lowest BCUT2D eigenvalue weighted by Gasteiger charge is -2.12. The molecule has 0 aliphatic heterocycles. The van der Waals surface area contributed by atoms with Crippen molar-refractivity contribution in [1.82, 2.24) is 9.97 Å². The minimum atomic E-state index is -0.528. The smallest absolute Gasteiger partial charge is 0.322 e. The molecule has 132 valence electrons. The lowest BCUT2D eigenvalue weighted by atomic mass is 10.2. The van der Waals surface area contributed by atoms with Gasteiger partial charge in [0.1, 0.15) is 5.82 Å². The van der Waals surface area contributed by atoms with Crippen LogP contribution in [0.4, 0.5) is 14.5 Å². The summed E-state index contributed by atoms with van der Waals surface area (Å²) in [5.74, 6) is -1.36. The van der Waals surface area contributed by atoms with Crippen LogP contribution in [0, 0.1) is 25.5 Å². The van der Waals surface area contributed by atoms with E-state index in [1.165, 1.54) is 36.4 Å². The summed E-state index contributed by atoms with van der Waals surface area (Å²) in [4.78, 5) is 20.6. The molecule has 0 saturated carbocycles. The summed E-state index contributed by atoms with van der Waals surface area (Å²) in [5, 5.41) is 2.70. The molecule has 1 aromatic heterocycles. The maximum Gasteiger partial charge on any atom is 0.322 e. The van der Waals surface area contributed by atoms with Crippen LogP contribution in [0.1, 0.15) is 21.7 Å². The van der Waals surface area contributed by atoms with Crippen LogP contribution >= 0.6 is 0 Å². The predicted molar refractivity (Wildman–Crippen MR) is 92.3 cm³/mol. The summed E-state index contributed by atoms with van der Waals surface area (Å²) in [6, 6.07) is 11.1. The first-order valence-electron chi connectivity index (χ1n) is 7.78. The van der Waals surface area contributed by atoms with E-state index in [4.69, 9.17) is 4.74 Å². The van der Waals surface area contributed by atoms with Crippen LogP contribution in [-0.4, -0.2) is 15.9 Å². The number of aryl methyl sites for hydroxylation is 2. The topological polar surface area (TPSA) is 64.1 Å². The number of para-hydroxylation sites is 1. The minimum Gasteiger partial charge on any atom is -0.421 e. The van der Waals surface area contributed by atoms with Crippen molar-refractivity contribution < 1.29 is 18.3 Å². The molecule has 26 heavy (non-hydrogen) atoms. The molecule has 3 aromatic rings. The fourth-order valence-electron chi connectivity index (χ4n) is 2.32. The summed E-state index contributed by atoms with van der Waals surface area (Å²) >= 11 is 0. The van der Waals surface area contributed by atoms with Crippen LogP contribution in [0.3, 0.4) is 0 Å². The van der Waals surface area contributed by atoms with Crippen molar-refractivity contribution in [3.05, 3.63) is 77.1 Å². The number of carbonyl (C=O) groups excluding carboxylic acids is 1. The molecule has 2 aromatic carbocycles. The van der Waals surface area contributed by atoms with Gasteiger partial charge in [0.15, 0.2) is 11.6 Å². The summed E-state index contributed by atoms with van der Waals surface area (Å²) in [5.41, 5.74) is 1.63. The minimum absolute atomic E-state index is 0.00870. The fourth-order valence-corrected chi connectivity index (χ4v) is 2.32. The third kappa shape index (κ3) is 3.83. The number of nitrogens with one attached hydrogen (secondary N) is 1. The van der Waals surface area contributed by atoms with Gasteiger partial charge in [-0.25, -0.2) is 8.78 Å². The number of halogens is 2. The lowest BCUT2D eigenvalue weighted by molar-refractivity contribution is 0.102. The van der Waals surface area contributed by atoms with E-state index in [9.17, 15) is 13.6 Å². The highest BCUT2D eigenvalue weighted by atomic mass is 19.1. The number of hydrogen-bond acceptors (Lipinski definition) is 4. The Labute approximate surface area is 148 Å². The Kier molecular flexibility index (Phi) is 4.88. The molecule has 0 bridgehead atoms. The van der Waals surface area contributed by atoms with E-state index in [-0.39, 0.29) is 11.8 Å². The van der Waals surface area contributed by atoms with Crippen molar-refractivity contribution in [2.24, 2.45) is 0 Å². The maximum atomic E-state index is 13.7. The Morgan fingerprint density at radius 2 is 1.58 bits per heavy atom. The largest absolute Gasteiger partial charge is 0.421 e. The van der Waals surface area contributed by atoms with Crippen LogP contribution in [-0.2, 0) is 0 Å². The van der Waals surface area contributed by atoms with Gasteiger partial charge < -0.3 is 10.1 Å². The van der Waals surface area contributed by atoms with Gasteiger partial charge in [-0.2, -0.15) is 9.97 Å². The molecule has 0 unspecified atom stereocenters. The highest BCUT2D eigenvalue weighted by molar-refractivity contribution is 6.04. The van der Waals surface area contributed by atoms with Crippen molar-refractivity contribution in [3.63, 3.8) is 0 Å². The van der Waals surface area contributed by atoms with Gasteiger partial charge in [-0.05, 0) is 50.2 Å². The average Bonchev–Trinajstić information content (AvgIpc) is 2.60. The molecular formula is C19H15F2N3O2. The number of hydrogen-bond donors (Lipinski definition) is 1. The highest BCUT2D eigenvalue weighted by Crippen LogP contribution is 2.25. The molecule has 0 fully saturated rings. The fraction of sp³-hybridized carbons (Fsp3) is 0.105. The van der Waals surface area contributed by atoms with E-state index in [1.54, 1.807) is 26.0 Å². The number of carbonyl (C=O) groups is 1. The lowest BCUT2D eigenvalue weighted by Crippen LogP contribution is -2.15. The van der Waals surface area contributed by atoms with E-state index >= 15 is 0 Å². The van der Waals surface area contributed by atoms with Crippen LogP contribution in [0.2, 0.25) is 0 Å². The molecule has 1 amide bonds. The monoisotopic (exact) mass is 355 g/mol. The first-order valence-corrected chi connectivity index (χ1v) is 7.78. The highest BCUT2D eigenvalue weighted by Gasteiger charge is 2.15. The van der Waals surface area contributed by atoms with E-state index < -0.39 is 17.5 Å². The van der Waals surface area contributed by atoms with Gasteiger partial charge in [0, 0.05) is 5.56 Å². The molecule has 3 rings (SSSR count). The van der Waals surface area contributed by atoms with E-state index in [0.717, 1.165) is 0 Å². The maximum absolute atomic E-state index is 13.7. The Morgan fingerprint density at radius 1 is 0.962 bits per heavy atom. The number of nitrogens with zero attached hydrogens (tertiary/aromatic N) is 2. The van der Waals surface area contributed by atoms with Crippen molar-refractivity contribution in [1.29, 1.82) is 0 Å². The number of aromatic nitrogens is 2. The summed E-state index contributed by atoms with van der Waals surface area (Å²) in [7, 11) is 0. The Morgan fingerprint density at radius 3 is 2.19 bits per heavy atom. The zero-order valence-corrected chi connectivity index (χ0v) is 14.1. The second-order valence-corrected chi connectivity index (χ2v) is 5.55. The summed E-state index contributed by atoms with van der Waals surface area (Å²) in [6.45, 7) is 3.34. The van der Waals surface area contributed by atoms with E-state index in [0.29, 0.717) is 22.6 Å². The van der Waals surface area contributed by atoms with Crippen LogP contribution in [0.25, 0.3) is 0 Å². The molecule has 5 nitrogen and oxygen atoms in total. The quantitative estimate of drug-likeness (QED) is 0.753. The standard InChI is InChI=1S/C19H15F2N3O2/c1-11-17(24-18(25)13-7-9-14(20)10-8-13)12(2)23-19(22-11)26-16-6-4-3-5-15(16)21/h3-10H,1-2H3,(H,24,25). The zero-order valence-electron chi connectivity index (χ0n) is 14.1. The van der Waals surface area contributed by atoms with Gasteiger partial charge in [0.05, 0.1) is 17.1 Å².